The molecule has 1 atom stereocenters. The van der Waals surface area contributed by atoms with Gasteiger partial charge in [0.2, 0.25) is 5.75 Å². The summed E-state index contributed by atoms with van der Waals surface area (Å²) in [6, 6.07) is 3.30. The molecule has 30 heavy (non-hydrogen) atoms. The van der Waals surface area contributed by atoms with E-state index < -0.39 is 6.17 Å². The largest absolute Gasteiger partial charge is 0.502 e. The molecule has 160 valence electrons. The van der Waals surface area contributed by atoms with Crippen LogP contribution in [0.15, 0.2) is 12.1 Å². The second kappa shape index (κ2) is 7.94. The summed E-state index contributed by atoms with van der Waals surface area (Å²) in [6.45, 7) is 3.04. The van der Waals surface area contributed by atoms with Gasteiger partial charge in [-0.1, -0.05) is 0 Å². The van der Waals surface area contributed by atoms with E-state index in [1.165, 1.54) is 25.6 Å². The van der Waals surface area contributed by atoms with Gasteiger partial charge in [-0.3, -0.25) is 4.79 Å². The smallest absolute Gasteiger partial charge is 0.410 e. The van der Waals surface area contributed by atoms with E-state index in [9.17, 15) is 14.7 Å². The topological polar surface area (TPSA) is 109 Å². The van der Waals surface area contributed by atoms with Crippen LogP contribution in [0.4, 0.5) is 9.80 Å². The van der Waals surface area contributed by atoms with Crippen LogP contribution < -0.4 is 20.1 Å². The van der Waals surface area contributed by atoms with Gasteiger partial charge in [0, 0.05) is 17.0 Å². The lowest BCUT2D eigenvalue weighted by molar-refractivity contribution is 0.0934. The number of aromatic hydroxyl groups is 1. The van der Waals surface area contributed by atoms with Crippen LogP contribution in [0.3, 0.4) is 0 Å². The van der Waals surface area contributed by atoms with Crippen LogP contribution in [0, 0.1) is 0 Å². The van der Waals surface area contributed by atoms with Crippen molar-refractivity contribution in [1.82, 2.24) is 10.2 Å². The number of hydrogen-bond donors (Lipinski definition) is 3. The molecule has 9 nitrogen and oxygen atoms in total. The monoisotopic (exact) mass is 433 g/mol. The second-order valence-electron chi connectivity index (χ2n) is 6.90. The number of amides is 2. The number of methoxy groups -OCH3 is 2. The molecule has 1 aromatic heterocycles. The Bertz CT molecular complexity index is 980. The van der Waals surface area contributed by atoms with Gasteiger partial charge in [0.1, 0.15) is 11.2 Å². The second-order valence-corrected chi connectivity index (χ2v) is 8.01. The third kappa shape index (κ3) is 3.36. The Morgan fingerprint density at radius 3 is 2.60 bits per heavy atom. The third-order valence-corrected chi connectivity index (χ3v) is 6.34. The highest BCUT2D eigenvalue weighted by Gasteiger charge is 2.35. The fraction of sp³-hybridized carbons (Fsp3) is 0.400. The molecule has 0 saturated carbocycles. The fourth-order valence-corrected chi connectivity index (χ4v) is 5.02. The van der Waals surface area contributed by atoms with E-state index in [-0.39, 0.29) is 29.2 Å². The molecule has 0 spiro atoms. The van der Waals surface area contributed by atoms with E-state index in [1.807, 2.05) is 0 Å². The molecule has 2 amide bonds. The number of benzene rings is 1. The van der Waals surface area contributed by atoms with Crippen LogP contribution in [0.1, 0.15) is 39.5 Å². The molecule has 3 heterocycles. The minimum Gasteiger partial charge on any atom is -0.502 e. The van der Waals surface area contributed by atoms with E-state index >= 15 is 0 Å². The summed E-state index contributed by atoms with van der Waals surface area (Å²) in [5.41, 5.74) is 2.28. The van der Waals surface area contributed by atoms with Gasteiger partial charge in [0.05, 0.1) is 32.9 Å². The number of phenols is 1. The van der Waals surface area contributed by atoms with Crippen molar-refractivity contribution >= 4 is 28.3 Å². The minimum absolute atomic E-state index is 0.0998. The number of ether oxygens (including phenoxy) is 3. The van der Waals surface area contributed by atoms with Crippen molar-refractivity contribution in [3.63, 3.8) is 0 Å². The molecule has 1 unspecified atom stereocenters. The molecule has 2 aliphatic rings. The molecule has 0 saturated heterocycles. The van der Waals surface area contributed by atoms with E-state index in [1.54, 1.807) is 24.0 Å². The van der Waals surface area contributed by atoms with Crippen LogP contribution in [-0.2, 0) is 17.7 Å². The van der Waals surface area contributed by atoms with Gasteiger partial charge in [0.25, 0.3) is 5.91 Å². The van der Waals surface area contributed by atoms with Gasteiger partial charge in [-0.05, 0) is 31.0 Å². The van der Waals surface area contributed by atoms with Gasteiger partial charge in [-0.2, -0.15) is 0 Å². The van der Waals surface area contributed by atoms with Crippen molar-refractivity contribution in [2.24, 2.45) is 0 Å². The van der Waals surface area contributed by atoms with E-state index in [4.69, 9.17) is 14.2 Å². The summed E-state index contributed by atoms with van der Waals surface area (Å²) in [5.74, 6) is 0.225. The Morgan fingerprint density at radius 2 is 1.97 bits per heavy atom. The molecule has 0 radical (unpaired) electrons. The lowest BCUT2D eigenvalue weighted by Crippen LogP contribution is -2.39. The molecule has 0 bridgehead atoms. The number of carbonyl (C=O) groups is 2. The molecular weight excluding hydrogens is 410 g/mol. The molecule has 1 aromatic carbocycles. The summed E-state index contributed by atoms with van der Waals surface area (Å²) >= 11 is 1.47. The predicted molar refractivity (Wildman–Crippen MR) is 110 cm³/mol. The highest BCUT2D eigenvalue weighted by molar-refractivity contribution is 7.16. The van der Waals surface area contributed by atoms with Gasteiger partial charge in [0.15, 0.2) is 11.5 Å². The maximum atomic E-state index is 12.9. The first-order valence-corrected chi connectivity index (χ1v) is 10.4. The maximum absolute atomic E-state index is 12.9. The zero-order valence-corrected chi connectivity index (χ0v) is 17.7. The molecule has 0 aliphatic carbocycles. The SMILES string of the molecule is CCOC(=O)N1CCc2c(sc3c2C(=O)NC(c2cc(OC)c(O)c(OC)c2)N3)C1. The predicted octanol–water partition coefficient (Wildman–Crippen LogP) is 2.84. The molecule has 4 rings (SSSR count). The van der Waals surface area contributed by atoms with E-state index in [0.29, 0.717) is 37.2 Å². The average molecular weight is 433 g/mol. The molecule has 3 N–H and O–H groups in total. The number of thiophene rings is 1. The molecule has 10 heteroatoms. The zero-order chi connectivity index (χ0) is 21.4. The van der Waals surface area contributed by atoms with Crippen molar-refractivity contribution < 1.29 is 28.9 Å². The van der Waals surface area contributed by atoms with Gasteiger partial charge in [-0.25, -0.2) is 4.79 Å². The van der Waals surface area contributed by atoms with Crippen molar-refractivity contribution in [3.8, 4) is 17.2 Å². The quantitative estimate of drug-likeness (QED) is 0.680. The molecule has 2 aliphatic heterocycles. The van der Waals surface area contributed by atoms with E-state index in [2.05, 4.69) is 10.6 Å². The zero-order valence-electron chi connectivity index (χ0n) is 16.9. The number of phenolic OH excluding ortho intramolecular Hbond substituents is 1. The number of nitrogens with one attached hydrogen (secondary N) is 2. The van der Waals surface area contributed by atoms with Crippen LogP contribution in [0.25, 0.3) is 0 Å². The Morgan fingerprint density at radius 1 is 1.27 bits per heavy atom. The van der Waals surface area contributed by atoms with Gasteiger partial charge in [-0.15, -0.1) is 11.3 Å². The lowest BCUT2D eigenvalue weighted by atomic mass is 10.0. The van der Waals surface area contributed by atoms with Crippen LogP contribution in [-0.4, -0.2) is 49.4 Å². The summed E-state index contributed by atoms with van der Waals surface area (Å²) < 4.78 is 15.5. The number of hydrogen-bond acceptors (Lipinski definition) is 8. The van der Waals surface area contributed by atoms with Gasteiger partial charge < -0.3 is 34.9 Å². The minimum atomic E-state index is -0.519. The van der Waals surface area contributed by atoms with Crippen LogP contribution >= 0.6 is 11.3 Å². The number of carbonyl (C=O) groups excluding carboxylic acids is 2. The number of anilines is 1. The van der Waals surface area contributed by atoms with Crippen molar-refractivity contribution in [1.29, 1.82) is 0 Å². The summed E-state index contributed by atoms with van der Waals surface area (Å²) in [7, 11) is 2.90. The summed E-state index contributed by atoms with van der Waals surface area (Å²) in [4.78, 5) is 27.6. The Labute approximate surface area is 177 Å². The fourth-order valence-electron chi connectivity index (χ4n) is 3.73. The Balaban J connectivity index is 1.63. The standard InChI is InChI=1S/C20H23N3O6S/c1-4-29-20(26)23-6-5-11-14(9-23)30-19-15(11)18(25)21-17(22-19)10-7-12(27-2)16(24)13(8-10)28-3/h7-8,17,22,24H,4-6,9H2,1-3H3,(H,21,25). The van der Waals surface area contributed by atoms with E-state index in [0.717, 1.165) is 15.4 Å². The third-order valence-electron chi connectivity index (χ3n) is 5.20. The van der Waals surface area contributed by atoms with Crippen molar-refractivity contribution in [2.45, 2.75) is 26.1 Å². The number of nitrogens with zero attached hydrogens (tertiary/aromatic N) is 1. The normalized spacial score (nSPS) is 17.4. The summed E-state index contributed by atoms with van der Waals surface area (Å²) in [5, 5.41) is 17.2. The highest BCUT2D eigenvalue weighted by atomic mass is 32.1. The maximum Gasteiger partial charge on any atom is 0.410 e. The molecular formula is C20H23N3O6S. The van der Waals surface area contributed by atoms with Crippen LogP contribution in [0.2, 0.25) is 0 Å². The van der Waals surface area contributed by atoms with Gasteiger partial charge >= 0.3 is 6.09 Å². The highest BCUT2D eigenvalue weighted by Crippen LogP contribution is 2.43. The summed E-state index contributed by atoms with van der Waals surface area (Å²) in [6.07, 6.45) is -0.261. The molecule has 0 fully saturated rings. The lowest BCUT2D eigenvalue weighted by Gasteiger charge is -2.28. The first-order valence-electron chi connectivity index (χ1n) is 9.55. The first kappa shape index (κ1) is 20.1. The van der Waals surface area contributed by atoms with Crippen molar-refractivity contribution in [3.05, 3.63) is 33.7 Å². The Hall–Kier alpha value is -3.14. The Kier molecular flexibility index (Phi) is 5.33. The number of rotatable bonds is 4. The molecule has 2 aromatic rings. The van der Waals surface area contributed by atoms with Crippen molar-refractivity contribution in [2.75, 3.05) is 32.7 Å². The number of fused-ring (bicyclic) bond motifs is 3. The van der Waals surface area contributed by atoms with Crippen LogP contribution in [0.5, 0.6) is 17.2 Å². The first-order chi connectivity index (χ1) is 14.5. The average Bonchev–Trinajstić information content (AvgIpc) is 3.12.